The van der Waals surface area contributed by atoms with Gasteiger partial charge in [-0.1, -0.05) is 0 Å². The van der Waals surface area contributed by atoms with Crippen LogP contribution in [-0.4, -0.2) is 47.4 Å². The van der Waals surface area contributed by atoms with Gasteiger partial charge in [0.15, 0.2) is 11.5 Å². The fraction of sp³-hybridized carbons (Fsp3) is 0.222. The molecule has 0 atom stereocenters. The van der Waals surface area contributed by atoms with E-state index in [9.17, 15) is 4.79 Å². The van der Waals surface area contributed by atoms with Crippen LogP contribution in [0.1, 0.15) is 15.9 Å². The molecular formula is C18H19N5O4. The molecule has 140 valence electrons. The highest BCUT2D eigenvalue weighted by Gasteiger charge is 2.18. The number of nitrogens with one attached hydrogen (secondary N) is 1. The molecule has 0 aliphatic heterocycles. The zero-order chi connectivity index (χ0) is 19.4. The van der Waals surface area contributed by atoms with E-state index in [1.54, 1.807) is 22.9 Å². The molecule has 2 aromatic carbocycles. The van der Waals surface area contributed by atoms with Crippen molar-refractivity contribution in [3.63, 3.8) is 0 Å². The lowest BCUT2D eigenvalue weighted by Crippen LogP contribution is -2.14. The van der Waals surface area contributed by atoms with Crippen LogP contribution in [-0.2, 0) is 0 Å². The van der Waals surface area contributed by atoms with Gasteiger partial charge in [0.1, 0.15) is 12.1 Å². The van der Waals surface area contributed by atoms with Gasteiger partial charge in [0.05, 0.1) is 32.6 Å². The molecule has 0 spiro atoms. The van der Waals surface area contributed by atoms with Crippen molar-refractivity contribution in [2.75, 3.05) is 26.6 Å². The number of hydrogen-bond donors (Lipinski definition) is 1. The van der Waals surface area contributed by atoms with Gasteiger partial charge in [-0.3, -0.25) is 4.79 Å². The van der Waals surface area contributed by atoms with Gasteiger partial charge >= 0.3 is 0 Å². The standard InChI is InChI=1S/C18H19N5O4/c1-11-7-12(5-6-14(11)23-10-19-21-22-23)20-18(24)13-8-16(26-3)17(27-4)9-15(13)25-2/h5-10H,1-4H3,(H,20,24). The average molecular weight is 369 g/mol. The summed E-state index contributed by atoms with van der Waals surface area (Å²) in [5.41, 5.74) is 2.68. The molecule has 0 saturated heterocycles. The van der Waals surface area contributed by atoms with Gasteiger partial charge in [0.2, 0.25) is 0 Å². The molecule has 0 aliphatic carbocycles. The Kier molecular flexibility index (Phi) is 5.20. The van der Waals surface area contributed by atoms with Crippen LogP contribution in [0, 0.1) is 6.92 Å². The maximum Gasteiger partial charge on any atom is 0.259 e. The molecule has 1 amide bonds. The number of aromatic nitrogens is 4. The highest BCUT2D eigenvalue weighted by molar-refractivity contribution is 6.06. The topological polar surface area (TPSA) is 100 Å². The molecule has 0 fully saturated rings. The molecular weight excluding hydrogens is 350 g/mol. The Morgan fingerprint density at radius 3 is 2.30 bits per heavy atom. The van der Waals surface area contributed by atoms with Crippen LogP contribution in [0.5, 0.6) is 17.2 Å². The summed E-state index contributed by atoms with van der Waals surface area (Å²) in [6, 6.07) is 8.62. The minimum Gasteiger partial charge on any atom is -0.496 e. The zero-order valence-corrected chi connectivity index (χ0v) is 15.4. The molecule has 0 unspecified atom stereocenters. The number of aryl methyl sites for hydroxylation is 1. The van der Waals surface area contributed by atoms with Crippen molar-refractivity contribution < 1.29 is 19.0 Å². The lowest BCUT2D eigenvalue weighted by atomic mass is 10.1. The van der Waals surface area contributed by atoms with Crippen molar-refractivity contribution in [3.8, 4) is 22.9 Å². The highest BCUT2D eigenvalue weighted by Crippen LogP contribution is 2.35. The Morgan fingerprint density at radius 1 is 1.00 bits per heavy atom. The van der Waals surface area contributed by atoms with Crippen molar-refractivity contribution in [1.82, 2.24) is 20.2 Å². The van der Waals surface area contributed by atoms with E-state index in [2.05, 4.69) is 20.8 Å². The summed E-state index contributed by atoms with van der Waals surface area (Å²) in [6.07, 6.45) is 1.51. The van der Waals surface area contributed by atoms with Crippen LogP contribution in [0.15, 0.2) is 36.7 Å². The zero-order valence-electron chi connectivity index (χ0n) is 15.4. The van der Waals surface area contributed by atoms with Crippen LogP contribution in [0.3, 0.4) is 0 Å². The minimum absolute atomic E-state index is 0.331. The van der Waals surface area contributed by atoms with E-state index in [-0.39, 0.29) is 5.91 Å². The van der Waals surface area contributed by atoms with E-state index in [1.165, 1.54) is 27.7 Å². The summed E-state index contributed by atoms with van der Waals surface area (Å²) in [7, 11) is 4.52. The van der Waals surface area contributed by atoms with Crippen molar-refractivity contribution in [1.29, 1.82) is 0 Å². The first kappa shape index (κ1) is 18.2. The van der Waals surface area contributed by atoms with Crippen molar-refractivity contribution >= 4 is 11.6 Å². The van der Waals surface area contributed by atoms with E-state index in [4.69, 9.17) is 14.2 Å². The maximum absolute atomic E-state index is 12.8. The summed E-state index contributed by atoms with van der Waals surface area (Å²) in [4.78, 5) is 12.8. The van der Waals surface area contributed by atoms with E-state index in [1.807, 2.05) is 19.1 Å². The average Bonchev–Trinajstić information content (AvgIpc) is 3.21. The van der Waals surface area contributed by atoms with E-state index in [0.29, 0.717) is 28.5 Å². The first-order valence-corrected chi connectivity index (χ1v) is 8.02. The van der Waals surface area contributed by atoms with E-state index >= 15 is 0 Å². The third-order valence-corrected chi connectivity index (χ3v) is 4.00. The summed E-state index contributed by atoms with van der Waals surface area (Å²) in [6.45, 7) is 1.91. The van der Waals surface area contributed by atoms with Crippen LogP contribution in [0.25, 0.3) is 5.69 Å². The Labute approximate surface area is 155 Å². The molecule has 1 aromatic heterocycles. The smallest absolute Gasteiger partial charge is 0.259 e. The maximum atomic E-state index is 12.8. The molecule has 0 aliphatic rings. The minimum atomic E-state index is -0.331. The Morgan fingerprint density at radius 2 is 1.70 bits per heavy atom. The molecule has 9 heteroatoms. The van der Waals surface area contributed by atoms with Crippen LogP contribution < -0.4 is 19.5 Å². The first-order chi connectivity index (χ1) is 13.1. The predicted molar refractivity (Wildman–Crippen MR) is 97.9 cm³/mol. The number of anilines is 1. The van der Waals surface area contributed by atoms with Crippen molar-refractivity contribution in [3.05, 3.63) is 47.8 Å². The summed E-state index contributed by atoms with van der Waals surface area (Å²) in [5, 5.41) is 14.0. The second kappa shape index (κ2) is 7.73. The van der Waals surface area contributed by atoms with E-state index in [0.717, 1.165) is 11.3 Å². The SMILES string of the molecule is COc1cc(OC)c(C(=O)Nc2ccc(-n3cnnn3)c(C)c2)cc1OC. The van der Waals surface area contributed by atoms with Gasteiger partial charge in [0, 0.05) is 17.8 Å². The second-order valence-corrected chi connectivity index (χ2v) is 5.62. The Balaban J connectivity index is 1.88. The normalized spacial score (nSPS) is 10.4. The van der Waals surface area contributed by atoms with Crippen LogP contribution in [0.4, 0.5) is 5.69 Å². The number of benzene rings is 2. The molecule has 9 nitrogen and oxygen atoms in total. The van der Waals surface area contributed by atoms with Crippen molar-refractivity contribution in [2.45, 2.75) is 6.92 Å². The first-order valence-electron chi connectivity index (χ1n) is 8.02. The molecule has 0 radical (unpaired) electrons. The number of carbonyl (C=O) groups is 1. The third kappa shape index (κ3) is 3.66. The number of ether oxygens (including phenoxy) is 3. The fourth-order valence-corrected chi connectivity index (χ4v) is 2.67. The lowest BCUT2D eigenvalue weighted by molar-refractivity contribution is 0.102. The molecule has 3 aromatic rings. The largest absolute Gasteiger partial charge is 0.496 e. The number of amides is 1. The number of hydrogen-bond acceptors (Lipinski definition) is 7. The summed E-state index contributed by atoms with van der Waals surface area (Å²) < 4.78 is 17.4. The third-order valence-electron chi connectivity index (χ3n) is 4.00. The van der Waals surface area contributed by atoms with Gasteiger partial charge in [-0.05, 0) is 41.1 Å². The van der Waals surface area contributed by atoms with Gasteiger partial charge in [0.25, 0.3) is 5.91 Å². The Hall–Kier alpha value is -3.62. The monoisotopic (exact) mass is 369 g/mol. The lowest BCUT2D eigenvalue weighted by Gasteiger charge is -2.14. The van der Waals surface area contributed by atoms with Gasteiger partial charge in [-0.25, -0.2) is 4.68 Å². The Bertz CT molecular complexity index is 957. The number of carbonyl (C=O) groups excluding carboxylic acids is 1. The molecule has 27 heavy (non-hydrogen) atoms. The summed E-state index contributed by atoms with van der Waals surface area (Å²) in [5.74, 6) is 0.968. The molecule has 3 rings (SSSR count). The molecule has 1 N–H and O–H groups in total. The number of methoxy groups -OCH3 is 3. The highest BCUT2D eigenvalue weighted by atomic mass is 16.5. The van der Waals surface area contributed by atoms with E-state index < -0.39 is 0 Å². The van der Waals surface area contributed by atoms with Crippen LogP contribution >= 0.6 is 0 Å². The number of tetrazole rings is 1. The van der Waals surface area contributed by atoms with Crippen molar-refractivity contribution in [2.24, 2.45) is 0 Å². The number of rotatable bonds is 6. The quantitative estimate of drug-likeness (QED) is 0.711. The fourth-order valence-electron chi connectivity index (χ4n) is 2.67. The summed E-state index contributed by atoms with van der Waals surface area (Å²) >= 11 is 0. The number of nitrogens with zero attached hydrogens (tertiary/aromatic N) is 4. The molecule has 0 bridgehead atoms. The molecule has 0 saturated carbocycles. The van der Waals surface area contributed by atoms with Crippen LogP contribution in [0.2, 0.25) is 0 Å². The van der Waals surface area contributed by atoms with Gasteiger partial charge in [-0.2, -0.15) is 0 Å². The van der Waals surface area contributed by atoms with Gasteiger partial charge in [-0.15, -0.1) is 5.10 Å². The molecule has 1 heterocycles. The predicted octanol–water partition coefficient (Wildman–Crippen LogP) is 2.25. The second-order valence-electron chi connectivity index (χ2n) is 5.62. The van der Waals surface area contributed by atoms with Gasteiger partial charge < -0.3 is 19.5 Å².